The van der Waals surface area contributed by atoms with Gasteiger partial charge in [0.25, 0.3) is 0 Å². The number of carboxylic acids is 1. The molecule has 1 aromatic heterocycles. The lowest BCUT2D eigenvalue weighted by Gasteiger charge is -2.24. The second-order valence-corrected chi connectivity index (χ2v) is 8.68. The van der Waals surface area contributed by atoms with Crippen LogP contribution >= 0.6 is 23.2 Å². The van der Waals surface area contributed by atoms with Crippen molar-refractivity contribution in [3.63, 3.8) is 0 Å². The molecule has 0 spiro atoms. The molecule has 1 aliphatic carbocycles. The van der Waals surface area contributed by atoms with Crippen LogP contribution in [0.1, 0.15) is 49.4 Å². The van der Waals surface area contributed by atoms with Crippen molar-refractivity contribution in [2.75, 3.05) is 5.32 Å². The topological polar surface area (TPSA) is 92.2 Å². The molecule has 1 aliphatic rings. The molecule has 2 aromatic rings. The number of alkyl halides is 3. The van der Waals surface area contributed by atoms with E-state index in [1.165, 1.54) is 12.1 Å². The molecule has 1 amide bonds. The Bertz CT molecular complexity index is 998. The second-order valence-electron chi connectivity index (χ2n) is 7.84. The Labute approximate surface area is 192 Å². The Kier molecular flexibility index (Phi) is 7.29. The standard InChI is InChI=1S/C21H20Cl2F3N3O3/c1-10(21(24,25)26)18(19-27-8-13(22)9-28-19)20(32)29-16-6-12(4-5-15(16)23)14(7-17(30)31)11-2-3-11/h4-6,8-11,14,18H,2-3,7H2,1H3,(H,29,32)(H,30,31)/t10-,14+,18-/m1/s1. The van der Waals surface area contributed by atoms with Crippen LogP contribution in [0, 0.1) is 11.8 Å². The van der Waals surface area contributed by atoms with Crippen molar-refractivity contribution in [3.05, 3.63) is 52.0 Å². The zero-order valence-electron chi connectivity index (χ0n) is 16.9. The van der Waals surface area contributed by atoms with Crippen LogP contribution < -0.4 is 5.32 Å². The first-order chi connectivity index (χ1) is 15.0. The van der Waals surface area contributed by atoms with Gasteiger partial charge in [0.1, 0.15) is 11.7 Å². The van der Waals surface area contributed by atoms with Crippen molar-refractivity contribution in [2.45, 2.75) is 44.2 Å². The first-order valence-corrected chi connectivity index (χ1v) is 10.6. The SMILES string of the molecule is C[C@H]([C@@H](C(=O)Nc1cc([C@@H](CC(=O)O)C2CC2)ccc1Cl)c1ncc(Cl)cn1)C(F)(F)F. The number of carbonyl (C=O) groups is 2. The molecule has 3 atom stereocenters. The predicted octanol–water partition coefficient (Wildman–Crippen LogP) is 5.67. The molecule has 1 heterocycles. The average Bonchev–Trinajstić information content (AvgIpc) is 3.54. The molecule has 6 nitrogen and oxygen atoms in total. The number of halogens is 5. The lowest BCUT2D eigenvalue weighted by Crippen LogP contribution is -2.35. The number of nitrogens with zero attached hydrogens (tertiary/aromatic N) is 2. The van der Waals surface area contributed by atoms with Crippen LogP contribution in [-0.2, 0) is 9.59 Å². The molecule has 1 aromatic carbocycles. The van der Waals surface area contributed by atoms with Gasteiger partial charge in [-0.25, -0.2) is 9.97 Å². The maximum absolute atomic E-state index is 13.5. The number of hydrogen-bond donors (Lipinski definition) is 2. The van der Waals surface area contributed by atoms with E-state index in [1.54, 1.807) is 6.07 Å². The third-order valence-corrected chi connectivity index (χ3v) is 6.00. The van der Waals surface area contributed by atoms with E-state index in [-0.39, 0.29) is 39.8 Å². The van der Waals surface area contributed by atoms with E-state index < -0.39 is 29.9 Å². The number of aliphatic carboxylic acids is 1. The number of aromatic nitrogens is 2. The van der Waals surface area contributed by atoms with E-state index in [4.69, 9.17) is 23.2 Å². The number of anilines is 1. The van der Waals surface area contributed by atoms with Gasteiger partial charge in [0.05, 0.1) is 28.1 Å². The lowest BCUT2D eigenvalue weighted by molar-refractivity contribution is -0.178. The zero-order chi connectivity index (χ0) is 23.6. The normalized spacial score (nSPS) is 16.8. The van der Waals surface area contributed by atoms with Crippen LogP contribution in [-0.4, -0.2) is 33.1 Å². The van der Waals surface area contributed by atoms with E-state index in [0.29, 0.717) is 5.56 Å². The Morgan fingerprint density at radius 3 is 2.38 bits per heavy atom. The summed E-state index contributed by atoms with van der Waals surface area (Å²) in [7, 11) is 0. The van der Waals surface area contributed by atoms with Gasteiger partial charge in [-0.05, 0) is 42.4 Å². The summed E-state index contributed by atoms with van der Waals surface area (Å²) >= 11 is 11.9. The summed E-state index contributed by atoms with van der Waals surface area (Å²) < 4.78 is 40.5. The van der Waals surface area contributed by atoms with E-state index >= 15 is 0 Å². The Hall–Kier alpha value is -2.39. The van der Waals surface area contributed by atoms with E-state index in [9.17, 15) is 27.9 Å². The van der Waals surface area contributed by atoms with Gasteiger partial charge in [0, 0.05) is 12.4 Å². The summed E-state index contributed by atoms with van der Waals surface area (Å²) in [6, 6.07) is 4.68. The van der Waals surface area contributed by atoms with Gasteiger partial charge in [0.15, 0.2) is 0 Å². The number of benzene rings is 1. The summed E-state index contributed by atoms with van der Waals surface area (Å²) in [5.41, 5.74) is 0.747. The molecule has 172 valence electrons. The quantitative estimate of drug-likeness (QED) is 0.498. The predicted molar refractivity (Wildman–Crippen MR) is 113 cm³/mol. The van der Waals surface area contributed by atoms with E-state index in [0.717, 1.165) is 32.2 Å². The maximum Gasteiger partial charge on any atom is 0.392 e. The van der Waals surface area contributed by atoms with Crippen molar-refractivity contribution in [3.8, 4) is 0 Å². The lowest BCUT2D eigenvalue weighted by atomic mass is 9.90. The van der Waals surface area contributed by atoms with Crippen molar-refractivity contribution in [1.82, 2.24) is 9.97 Å². The highest BCUT2D eigenvalue weighted by Gasteiger charge is 2.46. The number of carbonyl (C=O) groups excluding carboxylic acids is 1. The van der Waals surface area contributed by atoms with Gasteiger partial charge in [0.2, 0.25) is 5.91 Å². The average molecular weight is 490 g/mol. The maximum atomic E-state index is 13.5. The molecule has 2 N–H and O–H groups in total. The van der Waals surface area contributed by atoms with Crippen molar-refractivity contribution >= 4 is 40.8 Å². The fraction of sp³-hybridized carbons (Fsp3) is 0.429. The molecule has 0 saturated heterocycles. The van der Waals surface area contributed by atoms with Gasteiger partial charge in [-0.2, -0.15) is 13.2 Å². The second kappa shape index (κ2) is 9.62. The van der Waals surface area contributed by atoms with Crippen LogP contribution in [0.15, 0.2) is 30.6 Å². The molecule has 3 rings (SSSR count). The van der Waals surface area contributed by atoms with Gasteiger partial charge < -0.3 is 10.4 Å². The smallest absolute Gasteiger partial charge is 0.392 e. The van der Waals surface area contributed by atoms with Gasteiger partial charge in [-0.3, -0.25) is 9.59 Å². The van der Waals surface area contributed by atoms with E-state index in [1.807, 2.05) is 0 Å². The molecular formula is C21H20Cl2F3N3O3. The highest BCUT2D eigenvalue weighted by molar-refractivity contribution is 6.33. The van der Waals surface area contributed by atoms with Crippen LogP contribution in [0.25, 0.3) is 0 Å². The van der Waals surface area contributed by atoms with Gasteiger partial charge in [-0.1, -0.05) is 36.2 Å². The number of carboxylic acid groups (broad SMARTS) is 1. The third kappa shape index (κ3) is 5.89. The number of hydrogen-bond acceptors (Lipinski definition) is 4. The first kappa shape index (κ1) is 24.3. The van der Waals surface area contributed by atoms with Crippen LogP contribution in [0.3, 0.4) is 0 Å². The molecule has 0 aliphatic heterocycles. The summed E-state index contributed by atoms with van der Waals surface area (Å²) in [6.07, 6.45) is -0.760. The number of rotatable bonds is 8. The minimum Gasteiger partial charge on any atom is -0.481 e. The zero-order valence-corrected chi connectivity index (χ0v) is 18.4. The highest BCUT2D eigenvalue weighted by Crippen LogP contribution is 2.45. The third-order valence-electron chi connectivity index (χ3n) is 5.48. The number of amides is 1. The molecule has 0 unspecified atom stereocenters. The van der Waals surface area contributed by atoms with Crippen molar-refractivity contribution < 1.29 is 27.9 Å². The van der Waals surface area contributed by atoms with Crippen LogP contribution in [0.5, 0.6) is 0 Å². The summed E-state index contributed by atoms with van der Waals surface area (Å²) in [5.74, 6) is -6.17. The van der Waals surface area contributed by atoms with Crippen molar-refractivity contribution in [1.29, 1.82) is 0 Å². The molecule has 32 heavy (non-hydrogen) atoms. The van der Waals surface area contributed by atoms with Crippen LogP contribution in [0.2, 0.25) is 10.0 Å². The molecule has 0 radical (unpaired) electrons. The Balaban J connectivity index is 1.91. The molecule has 1 fully saturated rings. The molecule has 0 bridgehead atoms. The van der Waals surface area contributed by atoms with Crippen LogP contribution in [0.4, 0.5) is 18.9 Å². The fourth-order valence-corrected chi connectivity index (χ4v) is 3.83. The largest absolute Gasteiger partial charge is 0.481 e. The van der Waals surface area contributed by atoms with Crippen molar-refractivity contribution in [2.24, 2.45) is 11.8 Å². The molecule has 1 saturated carbocycles. The molecule has 11 heteroatoms. The minimum atomic E-state index is -4.69. The Morgan fingerprint density at radius 1 is 1.22 bits per heavy atom. The van der Waals surface area contributed by atoms with E-state index in [2.05, 4.69) is 15.3 Å². The van der Waals surface area contributed by atoms with Gasteiger partial charge >= 0.3 is 12.1 Å². The Morgan fingerprint density at radius 2 is 1.84 bits per heavy atom. The minimum absolute atomic E-state index is 0.0912. The summed E-state index contributed by atoms with van der Waals surface area (Å²) in [4.78, 5) is 31.8. The molecular weight excluding hydrogens is 470 g/mol. The monoisotopic (exact) mass is 489 g/mol. The summed E-state index contributed by atoms with van der Waals surface area (Å²) in [6.45, 7) is 0.871. The fourth-order valence-electron chi connectivity index (χ4n) is 3.56. The number of nitrogens with one attached hydrogen (secondary N) is 1. The first-order valence-electron chi connectivity index (χ1n) is 9.83. The summed E-state index contributed by atoms with van der Waals surface area (Å²) in [5, 5.41) is 11.9. The van der Waals surface area contributed by atoms with Gasteiger partial charge in [-0.15, -0.1) is 0 Å². The highest BCUT2D eigenvalue weighted by atomic mass is 35.5.